The van der Waals surface area contributed by atoms with Crippen molar-refractivity contribution in [3.05, 3.63) is 11.7 Å². The molecular formula is C15H27N5O2. The maximum Gasteiger partial charge on any atom is 0.236 e. The molecule has 1 aliphatic rings. The number of hydrogen-bond acceptors (Lipinski definition) is 6. The topological polar surface area (TPSA) is 65.7 Å². The monoisotopic (exact) mass is 309 g/mol. The zero-order chi connectivity index (χ0) is 16.3. The molecule has 0 bridgehead atoms. The van der Waals surface area contributed by atoms with Crippen LogP contribution < -0.4 is 0 Å². The summed E-state index contributed by atoms with van der Waals surface area (Å²) in [7, 11) is 5.67. The molecule has 0 unspecified atom stereocenters. The van der Waals surface area contributed by atoms with Gasteiger partial charge in [0.15, 0.2) is 5.82 Å². The van der Waals surface area contributed by atoms with Crippen LogP contribution in [0.1, 0.15) is 37.9 Å². The molecule has 7 heteroatoms. The second-order valence-corrected chi connectivity index (χ2v) is 6.58. The van der Waals surface area contributed by atoms with Crippen LogP contribution in [0.25, 0.3) is 0 Å². The van der Waals surface area contributed by atoms with Gasteiger partial charge in [0.25, 0.3) is 0 Å². The highest BCUT2D eigenvalue weighted by atomic mass is 16.5. The van der Waals surface area contributed by atoms with E-state index in [4.69, 9.17) is 4.52 Å². The van der Waals surface area contributed by atoms with Gasteiger partial charge in [-0.3, -0.25) is 14.6 Å². The van der Waals surface area contributed by atoms with Crippen molar-refractivity contribution < 1.29 is 9.32 Å². The van der Waals surface area contributed by atoms with Gasteiger partial charge in [0, 0.05) is 39.1 Å². The Bertz CT molecular complexity index is 500. The Balaban J connectivity index is 1.83. The molecule has 1 saturated heterocycles. The summed E-state index contributed by atoms with van der Waals surface area (Å²) in [5, 5.41) is 4.04. The van der Waals surface area contributed by atoms with Crippen LogP contribution in [-0.2, 0) is 11.3 Å². The Labute approximate surface area is 132 Å². The Kier molecular flexibility index (Phi) is 5.52. The normalized spacial score (nSPS) is 19.3. The number of hydrogen-bond donors (Lipinski definition) is 0. The Hall–Kier alpha value is -1.47. The minimum absolute atomic E-state index is 0.156. The van der Waals surface area contributed by atoms with Crippen LogP contribution in [0.4, 0.5) is 0 Å². The zero-order valence-corrected chi connectivity index (χ0v) is 14.2. The van der Waals surface area contributed by atoms with Crippen molar-refractivity contribution in [2.75, 3.05) is 40.8 Å². The van der Waals surface area contributed by atoms with E-state index in [9.17, 15) is 4.79 Å². The van der Waals surface area contributed by atoms with Gasteiger partial charge in [0.2, 0.25) is 11.8 Å². The van der Waals surface area contributed by atoms with Gasteiger partial charge in [-0.2, -0.15) is 4.98 Å². The molecule has 1 atom stereocenters. The first kappa shape index (κ1) is 16.9. The minimum atomic E-state index is 0.156. The maximum absolute atomic E-state index is 11.8. The van der Waals surface area contributed by atoms with Crippen LogP contribution in [0.15, 0.2) is 4.52 Å². The van der Waals surface area contributed by atoms with E-state index in [1.807, 2.05) is 13.8 Å². The molecule has 1 aliphatic heterocycles. The summed E-state index contributed by atoms with van der Waals surface area (Å²) >= 11 is 0. The molecule has 0 aliphatic carbocycles. The first-order chi connectivity index (χ1) is 10.4. The van der Waals surface area contributed by atoms with Crippen LogP contribution in [0.5, 0.6) is 0 Å². The predicted molar refractivity (Wildman–Crippen MR) is 83.4 cm³/mol. The van der Waals surface area contributed by atoms with E-state index in [0.29, 0.717) is 25.0 Å². The average molecular weight is 309 g/mol. The third kappa shape index (κ3) is 4.27. The van der Waals surface area contributed by atoms with E-state index in [0.717, 1.165) is 25.3 Å². The molecule has 2 heterocycles. The van der Waals surface area contributed by atoms with Crippen LogP contribution in [-0.4, -0.2) is 77.6 Å². The molecule has 124 valence electrons. The molecule has 1 aromatic rings. The number of likely N-dealkylation sites (tertiary alicyclic amines) is 1. The van der Waals surface area contributed by atoms with Crippen LogP contribution in [0.2, 0.25) is 0 Å². The van der Waals surface area contributed by atoms with Crippen molar-refractivity contribution in [3.63, 3.8) is 0 Å². The van der Waals surface area contributed by atoms with Crippen LogP contribution in [0, 0.1) is 0 Å². The summed E-state index contributed by atoms with van der Waals surface area (Å²) < 4.78 is 5.24. The van der Waals surface area contributed by atoms with Crippen molar-refractivity contribution in [3.8, 4) is 0 Å². The molecule has 0 spiro atoms. The van der Waals surface area contributed by atoms with Crippen molar-refractivity contribution in [2.24, 2.45) is 0 Å². The summed E-state index contributed by atoms with van der Waals surface area (Å²) in [6, 6.07) is 0.427. The molecule has 1 amide bonds. The van der Waals surface area contributed by atoms with E-state index < -0.39 is 0 Å². The minimum Gasteiger partial charge on any atom is -0.348 e. The van der Waals surface area contributed by atoms with Gasteiger partial charge in [0.05, 0.1) is 13.1 Å². The van der Waals surface area contributed by atoms with E-state index in [-0.39, 0.29) is 11.8 Å². The summed E-state index contributed by atoms with van der Waals surface area (Å²) in [6.45, 7) is 7.12. The molecule has 2 rings (SSSR count). The summed E-state index contributed by atoms with van der Waals surface area (Å²) in [5.41, 5.74) is 0. The van der Waals surface area contributed by atoms with E-state index in [2.05, 4.69) is 27.0 Å². The average Bonchev–Trinajstić information content (AvgIpc) is 3.07. The highest BCUT2D eigenvalue weighted by molar-refractivity contribution is 5.77. The number of aromatic nitrogens is 2. The quantitative estimate of drug-likeness (QED) is 0.774. The van der Waals surface area contributed by atoms with Crippen LogP contribution >= 0.6 is 0 Å². The summed E-state index contributed by atoms with van der Waals surface area (Å²) in [5.74, 6) is 1.83. The van der Waals surface area contributed by atoms with Gasteiger partial charge in [-0.25, -0.2) is 0 Å². The van der Waals surface area contributed by atoms with Crippen molar-refractivity contribution in [1.82, 2.24) is 24.8 Å². The van der Waals surface area contributed by atoms with Crippen molar-refractivity contribution in [2.45, 2.75) is 38.8 Å². The fourth-order valence-electron chi connectivity index (χ4n) is 2.57. The molecule has 7 nitrogen and oxygen atoms in total. The molecule has 0 radical (unpaired) electrons. The van der Waals surface area contributed by atoms with Gasteiger partial charge in [-0.15, -0.1) is 0 Å². The van der Waals surface area contributed by atoms with Gasteiger partial charge in [-0.1, -0.05) is 19.0 Å². The third-order valence-corrected chi connectivity index (χ3v) is 4.10. The molecule has 0 saturated carbocycles. The second kappa shape index (κ2) is 7.19. The molecule has 1 aromatic heterocycles. The van der Waals surface area contributed by atoms with Gasteiger partial charge in [-0.05, 0) is 13.5 Å². The third-order valence-electron chi connectivity index (χ3n) is 4.10. The van der Waals surface area contributed by atoms with E-state index in [1.165, 1.54) is 0 Å². The zero-order valence-electron chi connectivity index (χ0n) is 14.2. The highest BCUT2D eigenvalue weighted by Crippen LogP contribution is 2.17. The Morgan fingerprint density at radius 1 is 1.41 bits per heavy atom. The number of likely N-dealkylation sites (N-methyl/N-ethyl adjacent to an activating group) is 2. The van der Waals surface area contributed by atoms with E-state index >= 15 is 0 Å². The summed E-state index contributed by atoms with van der Waals surface area (Å²) in [6.07, 6.45) is 1.06. The molecule has 22 heavy (non-hydrogen) atoms. The predicted octanol–water partition coefficient (Wildman–Crippen LogP) is 0.787. The molecular weight excluding hydrogens is 282 g/mol. The molecule has 0 aromatic carbocycles. The lowest BCUT2D eigenvalue weighted by Crippen LogP contribution is -2.38. The largest absolute Gasteiger partial charge is 0.348 e. The molecule has 0 N–H and O–H groups in total. The smallest absolute Gasteiger partial charge is 0.236 e. The SMILES string of the molecule is CC(C)c1nc(CN(C)[C@H]2CCN(CC(=O)N(C)C)C2)no1. The molecule has 1 fully saturated rings. The van der Waals surface area contributed by atoms with Gasteiger partial charge < -0.3 is 9.42 Å². The fraction of sp³-hybridized carbons (Fsp3) is 0.800. The lowest BCUT2D eigenvalue weighted by atomic mass is 10.2. The fourth-order valence-corrected chi connectivity index (χ4v) is 2.57. The highest BCUT2D eigenvalue weighted by Gasteiger charge is 2.28. The first-order valence-electron chi connectivity index (χ1n) is 7.82. The standard InChI is InChI=1S/C15H27N5O2/c1-11(2)15-16-13(17-22-15)9-19(5)12-6-7-20(8-12)10-14(21)18(3)4/h11-12H,6-10H2,1-5H3/t12-/m0/s1. The van der Waals surface area contributed by atoms with Crippen molar-refractivity contribution in [1.29, 1.82) is 0 Å². The number of nitrogens with zero attached hydrogens (tertiary/aromatic N) is 5. The lowest BCUT2D eigenvalue weighted by Gasteiger charge is -2.23. The van der Waals surface area contributed by atoms with Crippen LogP contribution in [0.3, 0.4) is 0 Å². The summed E-state index contributed by atoms with van der Waals surface area (Å²) in [4.78, 5) is 22.3. The van der Waals surface area contributed by atoms with Crippen molar-refractivity contribution >= 4 is 5.91 Å². The number of amides is 1. The lowest BCUT2D eigenvalue weighted by molar-refractivity contribution is -0.129. The Morgan fingerprint density at radius 2 is 2.14 bits per heavy atom. The maximum atomic E-state index is 11.8. The number of carbonyl (C=O) groups is 1. The van der Waals surface area contributed by atoms with E-state index in [1.54, 1.807) is 19.0 Å². The van der Waals surface area contributed by atoms with Gasteiger partial charge >= 0.3 is 0 Å². The number of rotatable bonds is 6. The first-order valence-corrected chi connectivity index (χ1v) is 7.82. The Morgan fingerprint density at radius 3 is 2.73 bits per heavy atom. The van der Waals surface area contributed by atoms with Gasteiger partial charge in [0.1, 0.15) is 0 Å². The number of carbonyl (C=O) groups excluding carboxylic acids is 1. The second-order valence-electron chi connectivity index (χ2n) is 6.58.